The number of morpholine rings is 1. The Morgan fingerprint density at radius 1 is 1.55 bits per heavy atom. The summed E-state index contributed by atoms with van der Waals surface area (Å²) in [6.45, 7) is 4.14. The van der Waals surface area contributed by atoms with E-state index in [0.29, 0.717) is 18.1 Å². The van der Waals surface area contributed by atoms with Crippen molar-refractivity contribution in [2.24, 2.45) is 5.92 Å². The Kier molecular flexibility index (Phi) is 1.96. The first-order valence-electron chi connectivity index (χ1n) is 4.39. The highest BCUT2D eigenvalue weighted by molar-refractivity contribution is 5.04. The molecule has 0 amide bonds. The van der Waals surface area contributed by atoms with E-state index in [1.165, 1.54) is 0 Å². The number of rotatable bonds is 0. The molecule has 11 heavy (non-hydrogen) atoms. The monoisotopic (exact) mass is 153 g/mol. The van der Waals surface area contributed by atoms with E-state index in [1.54, 1.807) is 0 Å². The van der Waals surface area contributed by atoms with E-state index in [9.17, 15) is 0 Å². The van der Waals surface area contributed by atoms with Crippen molar-refractivity contribution < 1.29 is 4.74 Å². The lowest BCUT2D eigenvalue weighted by Gasteiger charge is -2.37. The maximum absolute atomic E-state index is 5.64. The third-order valence-corrected chi connectivity index (χ3v) is 2.59. The summed E-state index contributed by atoms with van der Waals surface area (Å²) in [6, 6.07) is 0.564. The molecule has 1 aliphatic carbocycles. The first-order valence-corrected chi connectivity index (χ1v) is 4.39. The summed E-state index contributed by atoms with van der Waals surface area (Å²) >= 11 is 0. The highest BCUT2D eigenvalue weighted by atomic mass is 16.5. The van der Waals surface area contributed by atoms with E-state index in [-0.39, 0.29) is 0 Å². The predicted octanol–water partition coefficient (Wildman–Crippen LogP) is 0.939. The standard InChI is InChI=1S/C9H15NO/c1-7-3-2-4-8-9(7)10-5-6-11-8/h2-3,7-10H,4-6H2,1H3. The van der Waals surface area contributed by atoms with Gasteiger partial charge in [-0.25, -0.2) is 0 Å². The molecular formula is C9H15NO. The predicted molar refractivity (Wildman–Crippen MR) is 44.5 cm³/mol. The van der Waals surface area contributed by atoms with Gasteiger partial charge in [0, 0.05) is 12.6 Å². The molecule has 0 aromatic rings. The van der Waals surface area contributed by atoms with Crippen LogP contribution in [0.5, 0.6) is 0 Å². The zero-order valence-corrected chi connectivity index (χ0v) is 6.92. The maximum atomic E-state index is 5.64. The normalized spacial score (nSPS) is 43.5. The number of hydrogen-bond donors (Lipinski definition) is 1. The summed E-state index contributed by atoms with van der Waals surface area (Å²) in [5.74, 6) is 0.633. The van der Waals surface area contributed by atoms with Crippen LogP contribution in [0.3, 0.4) is 0 Å². The first kappa shape index (κ1) is 7.32. The van der Waals surface area contributed by atoms with Gasteiger partial charge in [-0.05, 0) is 12.3 Å². The van der Waals surface area contributed by atoms with Gasteiger partial charge in [0.2, 0.25) is 0 Å². The highest BCUT2D eigenvalue weighted by Crippen LogP contribution is 2.22. The largest absolute Gasteiger partial charge is 0.375 e. The fraction of sp³-hybridized carbons (Fsp3) is 0.778. The highest BCUT2D eigenvalue weighted by Gasteiger charge is 2.30. The van der Waals surface area contributed by atoms with E-state index in [4.69, 9.17) is 4.74 Å². The van der Waals surface area contributed by atoms with Crippen molar-refractivity contribution in [3.05, 3.63) is 12.2 Å². The van der Waals surface area contributed by atoms with Gasteiger partial charge in [-0.15, -0.1) is 0 Å². The Labute approximate surface area is 67.6 Å². The van der Waals surface area contributed by atoms with Gasteiger partial charge < -0.3 is 10.1 Å². The number of fused-ring (bicyclic) bond motifs is 1. The molecule has 62 valence electrons. The molecule has 3 unspecified atom stereocenters. The Morgan fingerprint density at radius 3 is 3.27 bits per heavy atom. The zero-order valence-electron chi connectivity index (χ0n) is 6.92. The first-order chi connectivity index (χ1) is 5.38. The number of nitrogens with one attached hydrogen (secondary N) is 1. The summed E-state index contributed by atoms with van der Waals surface area (Å²) in [6.07, 6.45) is 6.03. The minimum atomic E-state index is 0.434. The van der Waals surface area contributed by atoms with E-state index in [0.717, 1.165) is 19.6 Å². The summed E-state index contributed by atoms with van der Waals surface area (Å²) in [7, 11) is 0. The third kappa shape index (κ3) is 1.33. The van der Waals surface area contributed by atoms with Gasteiger partial charge in [-0.2, -0.15) is 0 Å². The average Bonchev–Trinajstić information content (AvgIpc) is 2.06. The van der Waals surface area contributed by atoms with Crippen molar-refractivity contribution in [1.82, 2.24) is 5.32 Å². The van der Waals surface area contributed by atoms with Crippen LogP contribution in [0.2, 0.25) is 0 Å². The molecule has 1 saturated heterocycles. The van der Waals surface area contributed by atoms with E-state index in [2.05, 4.69) is 24.4 Å². The van der Waals surface area contributed by atoms with E-state index in [1.807, 2.05) is 0 Å². The smallest absolute Gasteiger partial charge is 0.0768 e. The quantitative estimate of drug-likeness (QED) is 0.523. The summed E-state index contributed by atoms with van der Waals surface area (Å²) in [5.41, 5.74) is 0. The van der Waals surface area contributed by atoms with Crippen molar-refractivity contribution in [3.8, 4) is 0 Å². The lowest BCUT2D eigenvalue weighted by atomic mass is 9.88. The lowest BCUT2D eigenvalue weighted by Crippen LogP contribution is -2.52. The van der Waals surface area contributed by atoms with Crippen LogP contribution in [0.15, 0.2) is 12.2 Å². The van der Waals surface area contributed by atoms with E-state index >= 15 is 0 Å². The number of ether oxygens (including phenoxy) is 1. The Bertz CT molecular complexity index is 167. The van der Waals surface area contributed by atoms with Gasteiger partial charge in [0.25, 0.3) is 0 Å². The van der Waals surface area contributed by atoms with Crippen LogP contribution in [-0.4, -0.2) is 25.3 Å². The molecular weight excluding hydrogens is 138 g/mol. The van der Waals surface area contributed by atoms with Crippen LogP contribution in [0, 0.1) is 5.92 Å². The lowest BCUT2D eigenvalue weighted by molar-refractivity contribution is -0.0151. The van der Waals surface area contributed by atoms with Crippen molar-refractivity contribution in [2.45, 2.75) is 25.5 Å². The Balaban J connectivity index is 2.08. The van der Waals surface area contributed by atoms with Crippen molar-refractivity contribution in [2.75, 3.05) is 13.2 Å². The molecule has 0 saturated carbocycles. The molecule has 0 aromatic carbocycles. The van der Waals surface area contributed by atoms with Gasteiger partial charge in [-0.1, -0.05) is 19.1 Å². The topological polar surface area (TPSA) is 21.3 Å². The van der Waals surface area contributed by atoms with Gasteiger partial charge in [-0.3, -0.25) is 0 Å². The Morgan fingerprint density at radius 2 is 2.45 bits per heavy atom. The van der Waals surface area contributed by atoms with Crippen molar-refractivity contribution in [1.29, 1.82) is 0 Å². The maximum Gasteiger partial charge on any atom is 0.0768 e. The van der Waals surface area contributed by atoms with Gasteiger partial charge >= 0.3 is 0 Å². The summed E-state index contributed by atoms with van der Waals surface area (Å²) < 4.78 is 5.64. The molecule has 2 aliphatic rings. The molecule has 2 rings (SSSR count). The van der Waals surface area contributed by atoms with Crippen LogP contribution in [-0.2, 0) is 4.74 Å². The molecule has 0 bridgehead atoms. The molecule has 0 aromatic heterocycles. The second kappa shape index (κ2) is 2.95. The minimum Gasteiger partial charge on any atom is -0.375 e. The average molecular weight is 153 g/mol. The van der Waals surface area contributed by atoms with Gasteiger partial charge in [0.05, 0.1) is 12.7 Å². The molecule has 0 spiro atoms. The van der Waals surface area contributed by atoms with Crippen LogP contribution in [0.4, 0.5) is 0 Å². The molecule has 3 atom stereocenters. The van der Waals surface area contributed by atoms with Crippen LogP contribution < -0.4 is 5.32 Å². The second-order valence-electron chi connectivity index (χ2n) is 3.41. The summed E-state index contributed by atoms with van der Waals surface area (Å²) in [4.78, 5) is 0. The molecule has 1 N–H and O–H groups in total. The molecule has 0 radical (unpaired) electrons. The number of hydrogen-bond acceptors (Lipinski definition) is 2. The van der Waals surface area contributed by atoms with Crippen molar-refractivity contribution >= 4 is 0 Å². The third-order valence-electron chi connectivity index (χ3n) is 2.59. The fourth-order valence-corrected chi connectivity index (χ4v) is 1.96. The molecule has 1 fully saturated rings. The van der Waals surface area contributed by atoms with Gasteiger partial charge in [0.15, 0.2) is 0 Å². The fourth-order valence-electron chi connectivity index (χ4n) is 1.96. The summed E-state index contributed by atoms with van der Waals surface area (Å²) in [5, 5.41) is 3.49. The van der Waals surface area contributed by atoms with Crippen molar-refractivity contribution in [3.63, 3.8) is 0 Å². The van der Waals surface area contributed by atoms with Gasteiger partial charge in [0.1, 0.15) is 0 Å². The minimum absolute atomic E-state index is 0.434. The van der Waals surface area contributed by atoms with E-state index < -0.39 is 0 Å². The molecule has 2 nitrogen and oxygen atoms in total. The second-order valence-corrected chi connectivity index (χ2v) is 3.41. The SMILES string of the molecule is CC1C=CCC2OCCNC12. The Hall–Kier alpha value is -0.340. The van der Waals surface area contributed by atoms with Crippen LogP contribution in [0.25, 0.3) is 0 Å². The molecule has 1 heterocycles. The molecule has 2 heteroatoms. The van der Waals surface area contributed by atoms with Crippen LogP contribution in [0.1, 0.15) is 13.3 Å². The molecule has 1 aliphatic heterocycles. The zero-order chi connectivity index (χ0) is 7.68. The van der Waals surface area contributed by atoms with Crippen LogP contribution >= 0.6 is 0 Å².